The lowest BCUT2D eigenvalue weighted by Gasteiger charge is -2.59. The fourth-order valence-electron chi connectivity index (χ4n) is 5.61. The molecule has 1 spiro atoms. The predicted molar refractivity (Wildman–Crippen MR) is 128 cm³/mol. The summed E-state index contributed by atoms with van der Waals surface area (Å²) in [6, 6.07) is 11.1. The maximum Gasteiger partial charge on any atom is 0.320 e. The molecule has 1 aromatic carbocycles. The molecule has 0 unspecified atom stereocenters. The molecule has 2 aromatic heterocycles. The summed E-state index contributed by atoms with van der Waals surface area (Å²) in [4.78, 5) is 20.2. The molecule has 4 heterocycles. The van der Waals surface area contributed by atoms with Gasteiger partial charge < -0.3 is 19.5 Å². The number of aromatic nitrogens is 5. The summed E-state index contributed by atoms with van der Waals surface area (Å²) < 4.78 is 5.71. The van der Waals surface area contributed by atoms with Gasteiger partial charge in [0.1, 0.15) is 17.4 Å². The Balaban J connectivity index is 0.877. The van der Waals surface area contributed by atoms with Crippen molar-refractivity contribution in [1.29, 1.82) is 0 Å². The Morgan fingerprint density at radius 3 is 2.34 bits per heavy atom. The molecule has 180 valence electrons. The molecule has 2 aliphatic carbocycles. The zero-order valence-corrected chi connectivity index (χ0v) is 20.0. The number of carbonyl (C=O) groups is 1. The summed E-state index contributed by atoms with van der Waals surface area (Å²) in [5.41, 5.74) is 1.15. The van der Waals surface area contributed by atoms with Crippen LogP contribution in [-0.4, -0.2) is 67.4 Å². The molecule has 2 saturated carbocycles. The molecule has 10 heteroatoms. The number of ether oxygens (including phenoxy) is 1. The molecule has 0 bridgehead atoms. The summed E-state index contributed by atoms with van der Waals surface area (Å²) in [5.74, 6) is 4.32. The van der Waals surface area contributed by atoms with E-state index in [9.17, 15) is 4.79 Å². The van der Waals surface area contributed by atoms with Crippen LogP contribution in [0.2, 0.25) is 5.02 Å². The normalized spacial score (nSPS) is 21.4. The van der Waals surface area contributed by atoms with E-state index in [1.165, 1.54) is 12.8 Å². The number of amides is 2. The molecule has 7 rings (SSSR count). The van der Waals surface area contributed by atoms with Crippen LogP contribution < -0.4 is 4.74 Å². The highest BCUT2D eigenvalue weighted by Gasteiger charge is 2.56. The number of rotatable bonds is 5. The molecular weight excluding hydrogens is 466 g/mol. The van der Waals surface area contributed by atoms with Gasteiger partial charge in [-0.05, 0) is 43.9 Å². The molecule has 4 aliphatic rings. The number of halogens is 1. The quantitative estimate of drug-likeness (QED) is 0.570. The van der Waals surface area contributed by atoms with Crippen LogP contribution >= 0.6 is 11.6 Å². The Labute approximate surface area is 207 Å². The Bertz CT molecular complexity index is 1250. The van der Waals surface area contributed by atoms with Crippen LogP contribution in [-0.2, 0) is 0 Å². The molecule has 0 atom stereocenters. The maximum absolute atomic E-state index is 12.9. The van der Waals surface area contributed by atoms with Crippen LogP contribution in [0.4, 0.5) is 4.79 Å². The molecular formula is C25H26ClN7O2. The van der Waals surface area contributed by atoms with Crippen molar-refractivity contribution in [1.82, 2.24) is 35.2 Å². The number of benzene rings is 1. The van der Waals surface area contributed by atoms with Gasteiger partial charge in [0.2, 0.25) is 5.88 Å². The average molecular weight is 492 g/mol. The molecule has 35 heavy (non-hydrogen) atoms. The third-order valence-corrected chi connectivity index (χ3v) is 8.15. The van der Waals surface area contributed by atoms with Gasteiger partial charge >= 0.3 is 6.03 Å². The first-order chi connectivity index (χ1) is 17.1. The number of hydrogen-bond acceptors (Lipinski definition) is 6. The lowest BCUT2D eigenvalue weighted by Crippen LogP contribution is -2.67. The first-order valence-electron chi connectivity index (χ1n) is 12.3. The second kappa shape index (κ2) is 7.91. The van der Waals surface area contributed by atoms with Crippen LogP contribution in [0.3, 0.4) is 0 Å². The highest BCUT2D eigenvalue weighted by molar-refractivity contribution is 6.32. The molecule has 3 aromatic rings. The zero-order chi connectivity index (χ0) is 23.6. The second-order valence-electron chi connectivity index (χ2n) is 10.5. The number of para-hydroxylation sites is 1. The van der Waals surface area contributed by atoms with Gasteiger partial charge in [-0.15, -0.1) is 15.3 Å². The fraction of sp³-hybridized carbons (Fsp3) is 0.480. The second-order valence-corrected chi connectivity index (χ2v) is 11.0. The number of nitrogens with zero attached hydrogens (tertiary/aromatic N) is 6. The topological polar surface area (TPSA) is 100 Å². The van der Waals surface area contributed by atoms with Gasteiger partial charge in [0.15, 0.2) is 0 Å². The largest absolute Gasteiger partial charge is 0.436 e. The number of nitrogens with one attached hydrogen (secondary N) is 1. The lowest BCUT2D eigenvalue weighted by molar-refractivity contribution is -0.0602. The average Bonchev–Trinajstić information content (AvgIpc) is 3.51. The van der Waals surface area contributed by atoms with Gasteiger partial charge in [0, 0.05) is 55.4 Å². The molecule has 9 nitrogen and oxygen atoms in total. The first kappa shape index (κ1) is 21.1. The lowest BCUT2D eigenvalue weighted by atomic mass is 9.57. The third-order valence-electron chi connectivity index (χ3n) is 7.84. The maximum atomic E-state index is 12.9. The minimum Gasteiger partial charge on any atom is -0.436 e. The summed E-state index contributed by atoms with van der Waals surface area (Å²) in [6.07, 6.45) is 4.65. The Hall–Kier alpha value is -3.20. The van der Waals surface area contributed by atoms with Crippen LogP contribution in [0.25, 0.3) is 0 Å². The minimum atomic E-state index is 0.137. The Morgan fingerprint density at radius 1 is 0.914 bits per heavy atom. The molecule has 1 N–H and O–H groups in total. The van der Waals surface area contributed by atoms with Crippen molar-refractivity contribution in [2.45, 2.75) is 43.4 Å². The molecule has 2 aliphatic heterocycles. The van der Waals surface area contributed by atoms with E-state index < -0.39 is 0 Å². The number of urea groups is 1. The summed E-state index contributed by atoms with van der Waals surface area (Å²) in [5, 5.41) is 17.7. The SMILES string of the molecule is O=C(N1CC(c2ccc(Oc3ccccc3Cl)nn2)C1)N1CC2(CC(c3nnc(C4CC4)[nH]3)C2)C1. The predicted octanol–water partition coefficient (Wildman–Crippen LogP) is 4.32. The van der Waals surface area contributed by atoms with E-state index >= 15 is 0 Å². The van der Waals surface area contributed by atoms with Crippen molar-refractivity contribution in [3.8, 4) is 11.6 Å². The van der Waals surface area contributed by atoms with Crippen LogP contribution in [0.1, 0.15) is 60.8 Å². The summed E-state index contributed by atoms with van der Waals surface area (Å²) in [6.45, 7) is 3.04. The van der Waals surface area contributed by atoms with E-state index in [1.807, 2.05) is 28.0 Å². The first-order valence-corrected chi connectivity index (χ1v) is 12.7. The van der Waals surface area contributed by atoms with Crippen molar-refractivity contribution in [2.24, 2.45) is 5.41 Å². The van der Waals surface area contributed by atoms with E-state index in [0.717, 1.165) is 43.3 Å². The number of likely N-dealkylation sites (tertiary alicyclic amines) is 2. The molecule has 2 saturated heterocycles. The van der Waals surface area contributed by atoms with Gasteiger partial charge in [-0.2, -0.15) is 5.10 Å². The van der Waals surface area contributed by atoms with E-state index in [0.29, 0.717) is 41.6 Å². The van der Waals surface area contributed by atoms with E-state index in [1.54, 1.807) is 18.2 Å². The Kier molecular flexibility index (Phi) is 4.77. The number of carbonyl (C=O) groups excluding carboxylic acids is 1. The van der Waals surface area contributed by atoms with Crippen molar-refractivity contribution in [3.05, 3.63) is 58.8 Å². The van der Waals surface area contributed by atoms with E-state index in [2.05, 4.69) is 25.4 Å². The number of aromatic amines is 1. The van der Waals surface area contributed by atoms with Crippen LogP contribution in [0.5, 0.6) is 11.6 Å². The molecule has 2 amide bonds. The molecule has 0 radical (unpaired) electrons. The smallest absolute Gasteiger partial charge is 0.320 e. The van der Waals surface area contributed by atoms with Crippen molar-refractivity contribution in [3.63, 3.8) is 0 Å². The monoisotopic (exact) mass is 491 g/mol. The van der Waals surface area contributed by atoms with Gasteiger partial charge in [-0.3, -0.25) is 0 Å². The molecule has 4 fully saturated rings. The van der Waals surface area contributed by atoms with Gasteiger partial charge in [0.05, 0.1) is 10.7 Å². The highest BCUT2D eigenvalue weighted by Crippen LogP contribution is 2.56. The number of hydrogen-bond donors (Lipinski definition) is 1. The van der Waals surface area contributed by atoms with Gasteiger partial charge in [-0.1, -0.05) is 23.7 Å². The standard InChI is InChI=1S/C25H26ClN7O2/c26-18-3-1-2-4-20(18)35-21-8-7-19(28-29-21)17-11-32(12-17)24(34)33-13-25(14-33)9-16(10-25)23-27-22(30-31-23)15-5-6-15/h1-4,7-8,15-17H,5-6,9-14H2,(H,27,30,31). The van der Waals surface area contributed by atoms with Crippen molar-refractivity contribution >= 4 is 17.6 Å². The van der Waals surface area contributed by atoms with Crippen molar-refractivity contribution in [2.75, 3.05) is 26.2 Å². The van der Waals surface area contributed by atoms with E-state index in [-0.39, 0.29) is 17.4 Å². The van der Waals surface area contributed by atoms with Crippen LogP contribution in [0, 0.1) is 5.41 Å². The summed E-state index contributed by atoms with van der Waals surface area (Å²) >= 11 is 6.13. The van der Waals surface area contributed by atoms with E-state index in [4.69, 9.17) is 16.3 Å². The Morgan fingerprint density at radius 2 is 1.66 bits per heavy atom. The zero-order valence-electron chi connectivity index (χ0n) is 19.2. The van der Waals surface area contributed by atoms with Gasteiger partial charge in [0.25, 0.3) is 0 Å². The number of H-pyrrole nitrogens is 1. The third kappa shape index (κ3) is 3.82. The minimum absolute atomic E-state index is 0.137. The van der Waals surface area contributed by atoms with Crippen LogP contribution in [0.15, 0.2) is 36.4 Å². The fourth-order valence-corrected chi connectivity index (χ4v) is 5.79. The highest BCUT2D eigenvalue weighted by atomic mass is 35.5. The summed E-state index contributed by atoms with van der Waals surface area (Å²) in [7, 11) is 0. The van der Waals surface area contributed by atoms with Crippen molar-refractivity contribution < 1.29 is 9.53 Å². The van der Waals surface area contributed by atoms with Gasteiger partial charge in [-0.25, -0.2) is 4.79 Å².